The lowest BCUT2D eigenvalue weighted by molar-refractivity contribution is -1.01. The molecule has 0 amide bonds. The highest BCUT2D eigenvalue weighted by atomic mass is 32.2. The van der Waals surface area contributed by atoms with Crippen molar-refractivity contribution in [2.75, 3.05) is 50.8 Å². The van der Waals surface area contributed by atoms with E-state index in [1.165, 1.54) is 0 Å². The van der Waals surface area contributed by atoms with Gasteiger partial charge in [0.15, 0.2) is 0 Å². The predicted molar refractivity (Wildman–Crippen MR) is 91.7 cm³/mol. The molecule has 0 bridgehead atoms. The average Bonchev–Trinajstić information content (AvgIpc) is 2.45. The minimum atomic E-state index is -3.82. The maximum atomic E-state index is 10.6. The Bertz CT molecular complexity index is 492. The van der Waals surface area contributed by atoms with Gasteiger partial charge >= 0.3 is 0 Å². The van der Waals surface area contributed by atoms with Gasteiger partial charge in [-0.3, -0.25) is 9.11 Å². The van der Waals surface area contributed by atoms with E-state index in [4.69, 9.17) is 9.11 Å². The molecule has 0 aromatic carbocycles. The monoisotopic (exact) mass is 388 g/mol. The molecule has 0 aromatic rings. The molecular formula is C14H32N2O6S2+2. The summed E-state index contributed by atoms with van der Waals surface area (Å²) in [5.74, 6) is -0.282. The molecule has 0 aromatic heterocycles. The summed E-state index contributed by atoms with van der Waals surface area (Å²) >= 11 is 0. The van der Waals surface area contributed by atoms with E-state index in [9.17, 15) is 16.8 Å². The van der Waals surface area contributed by atoms with Gasteiger partial charge in [-0.05, 0) is 38.5 Å². The van der Waals surface area contributed by atoms with Crippen molar-refractivity contribution >= 4 is 20.2 Å². The van der Waals surface area contributed by atoms with Crippen molar-refractivity contribution in [1.82, 2.24) is 0 Å². The van der Waals surface area contributed by atoms with Crippen LogP contribution in [0.4, 0.5) is 0 Å². The second-order valence-corrected chi connectivity index (χ2v) is 9.84. The summed E-state index contributed by atoms with van der Waals surface area (Å²) in [5, 5.41) is 0. The molecule has 4 N–H and O–H groups in total. The molecule has 0 atom stereocenters. The largest absolute Gasteiger partial charge is 0.326 e. The summed E-state index contributed by atoms with van der Waals surface area (Å²) in [7, 11) is -7.63. The lowest BCUT2D eigenvalue weighted by Crippen LogP contribution is -3.28. The quantitative estimate of drug-likeness (QED) is 0.224. The van der Waals surface area contributed by atoms with Gasteiger partial charge in [-0.25, -0.2) is 0 Å². The van der Waals surface area contributed by atoms with Crippen molar-refractivity contribution in [3.63, 3.8) is 0 Å². The minimum absolute atomic E-state index is 0.141. The fraction of sp³-hybridized carbons (Fsp3) is 1.00. The van der Waals surface area contributed by atoms with E-state index in [1.54, 1.807) is 9.80 Å². The molecule has 0 saturated carbocycles. The van der Waals surface area contributed by atoms with Crippen molar-refractivity contribution in [1.29, 1.82) is 0 Å². The molecule has 1 rings (SSSR count). The normalized spacial score (nSPS) is 22.6. The topological polar surface area (TPSA) is 118 Å². The van der Waals surface area contributed by atoms with E-state index in [0.717, 1.165) is 65.0 Å². The van der Waals surface area contributed by atoms with Gasteiger partial charge in [0.1, 0.15) is 26.2 Å². The zero-order chi connectivity index (χ0) is 18.1. The standard InChI is InChI=1S/C14H30N2O6S2/c17-23(18,19)13-5-1-3-7-15-9-11-16(12-10-15)8-4-2-6-14-24(20,21)22/h1-14H2,(H,17,18,19)(H,20,21,22)/p+2. The lowest BCUT2D eigenvalue weighted by atomic mass is 10.2. The fourth-order valence-electron chi connectivity index (χ4n) is 3.13. The van der Waals surface area contributed by atoms with Crippen LogP contribution in [0.5, 0.6) is 0 Å². The van der Waals surface area contributed by atoms with E-state index in [2.05, 4.69) is 0 Å². The van der Waals surface area contributed by atoms with Crippen LogP contribution in [-0.4, -0.2) is 76.7 Å². The molecule has 0 aliphatic carbocycles. The van der Waals surface area contributed by atoms with Crippen LogP contribution in [0.15, 0.2) is 0 Å². The summed E-state index contributed by atoms with van der Waals surface area (Å²) in [6.45, 7) is 6.54. The highest BCUT2D eigenvalue weighted by Crippen LogP contribution is 1.97. The van der Waals surface area contributed by atoms with Gasteiger partial charge < -0.3 is 9.80 Å². The summed E-state index contributed by atoms with van der Waals surface area (Å²) < 4.78 is 59.8. The van der Waals surface area contributed by atoms with Crippen LogP contribution in [0.3, 0.4) is 0 Å². The van der Waals surface area contributed by atoms with Gasteiger partial charge in [0, 0.05) is 0 Å². The molecule has 24 heavy (non-hydrogen) atoms. The third kappa shape index (κ3) is 12.2. The molecule has 1 fully saturated rings. The molecule has 8 nitrogen and oxygen atoms in total. The number of hydrogen-bond acceptors (Lipinski definition) is 4. The predicted octanol–water partition coefficient (Wildman–Crippen LogP) is -2.11. The second-order valence-electron chi connectivity index (χ2n) is 6.69. The Balaban J connectivity index is 2.00. The summed E-state index contributed by atoms with van der Waals surface area (Å²) in [4.78, 5) is 3.11. The summed E-state index contributed by atoms with van der Waals surface area (Å²) in [6.07, 6.45) is 4.66. The smallest absolute Gasteiger partial charge is 0.264 e. The lowest BCUT2D eigenvalue weighted by Gasteiger charge is -2.29. The number of hydrogen-bond donors (Lipinski definition) is 4. The van der Waals surface area contributed by atoms with Crippen LogP contribution in [0.25, 0.3) is 0 Å². The summed E-state index contributed by atoms with van der Waals surface area (Å²) in [5.41, 5.74) is 0. The first-order chi connectivity index (χ1) is 11.2. The number of piperazine rings is 1. The van der Waals surface area contributed by atoms with Gasteiger partial charge in [-0.15, -0.1) is 0 Å². The average molecular weight is 389 g/mol. The van der Waals surface area contributed by atoms with Crippen molar-refractivity contribution in [2.24, 2.45) is 0 Å². The van der Waals surface area contributed by atoms with E-state index < -0.39 is 20.2 Å². The first-order valence-electron chi connectivity index (χ1n) is 8.73. The van der Waals surface area contributed by atoms with Gasteiger partial charge in [0.25, 0.3) is 20.2 Å². The molecule has 0 radical (unpaired) electrons. The molecule has 1 aliphatic rings. The first-order valence-corrected chi connectivity index (χ1v) is 11.9. The van der Waals surface area contributed by atoms with Crippen LogP contribution in [0, 0.1) is 0 Å². The number of rotatable bonds is 12. The van der Waals surface area contributed by atoms with Crippen LogP contribution in [0.1, 0.15) is 38.5 Å². The van der Waals surface area contributed by atoms with Crippen LogP contribution >= 0.6 is 0 Å². The molecular weight excluding hydrogens is 356 g/mol. The van der Waals surface area contributed by atoms with E-state index in [1.807, 2.05) is 0 Å². The van der Waals surface area contributed by atoms with Crippen molar-refractivity contribution in [3.05, 3.63) is 0 Å². The van der Waals surface area contributed by atoms with Gasteiger partial charge in [0.05, 0.1) is 24.6 Å². The van der Waals surface area contributed by atoms with Gasteiger partial charge in [-0.2, -0.15) is 16.8 Å². The third-order valence-electron chi connectivity index (χ3n) is 4.53. The summed E-state index contributed by atoms with van der Waals surface area (Å²) in [6, 6.07) is 0. The van der Waals surface area contributed by atoms with Crippen molar-refractivity contribution in [3.8, 4) is 0 Å². The Kier molecular flexibility index (Phi) is 9.68. The highest BCUT2D eigenvalue weighted by Gasteiger charge is 2.21. The Labute approximate surface area is 145 Å². The van der Waals surface area contributed by atoms with Crippen LogP contribution in [-0.2, 0) is 20.2 Å². The van der Waals surface area contributed by atoms with E-state index in [0.29, 0.717) is 12.8 Å². The maximum Gasteiger partial charge on any atom is 0.264 e. The molecule has 1 saturated heterocycles. The first kappa shape index (κ1) is 21.8. The Morgan fingerprint density at radius 2 is 0.917 bits per heavy atom. The van der Waals surface area contributed by atoms with Gasteiger partial charge in [-0.1, -0.05) is 0 Å². The molecule has 10 heteroatoms. The Hall–Kier alpha value is -0.260. The fourth-order valence-corrected chi connectivity index (χ4v) is 4.27. The molecule has 0 unspecified atom stereocenters. The van der Waals surface area contributed by atoms with Crippen molar-refractivity contribution < 1.29 is 35.7 Å². The molecule has 1 aliphatic heterocycles. The van der Waals surface area contributed by atoms with E-state index >= 15 is 0 Å². The zero-order valence-corrected chi connectivity index (χ0v) is 15.9. The molecule has 1 heterocycles. The van der Waals surface area contributed by atoms with Crippen molar-refractivity contribution in [2.45, 2.75) is 38.5 Å². The second kappa shape index (κ2) is 10.7. The van der Waals surface area contributed by atoms with Crippen LogP contribution < -0.4 is 9.80 Å². The SMILES string of the molecule is O=S(=O)(O)CCCCC[NH+]1CC[NH+](CCCCCS(=O)(=O)O)CC1. The maximum absolute atomic E-state index is 10.6. The van der Waals surface area contributed by atoms with Crippen LogP contribution in [0.2, 0.25) is 0 Å². The third-order valence-corrected chi connectivity index (χ3v) is 6.14. The molecule has 0 spiro atoms. The molecule has 144 valence electrons. The zero-order valence-electron chi connectivity index (χ0n) is 14.2. The van der Waals surface area contributed by atoms with E-state index in [-0.39, 0.29) is 11.5 Å². The number of unbranched alkanes of at least 4 members (excludes halogenated alkanes) is 4. The Morgan fingerprint density at radius 3 is 1.21 bits per heavy atom. The van der Waals surface area contributed by atoms with Gasteiger partial charge in [0.2, 0.25) is 0 Å². The minimum Gasteiger partial charge on any atom is -0.326 e. The highest BCUT2D eigenvalue weighted by molar-refractivity contribution is 7.86. The Morgan fingerprint density at radius 1 is 0.583 bits per heavy atom. The number of quaternary nitrogens is 2. The number of nitrogens with one attached hydrogen (secondary N) is 2.